The molecule has 1 atom stereocenters. The number of hydrogen-bond donors (Lipinski definition) is 2. The van der Waals surface area contributed by atoms with Gasteiger partial charge in [0.25, 0.3) is 0 Å². The van der Waals surface area contributed by atoms with E-state index >= 15 is 0 Å². The molecule has 5 nitrogen and oxygen atoms in total. The summed E-state index contributed by atoms with van der Waals surface area (Å²) >= 11 is 0. The lowest BCUT2D eigenvalue weighted by molar-refractivity contribution is 0.110. The third-order valence-electron chi connectivity index (χ3n) is 4.64. The largest absolute Gasteiger partial charge is 0.396 e. The Morgan fingerprint density at radius 2 is 2.11 bits per heavy atom. The Balaban J connectivity index is 1.99. The summed E-state index contributed by atoms with van der Waals surface area (Å²) in [5.74, 6) is 2.15. The van der Waals surface area contributed by atoms with Crippen molar-refractivity contribution in [2.24, 2.45) is 5.41 Å². The molecule has 0 aromatic carbocycles. The lowest BCUT2D eigenvalue weighted by Crippen LogP contribution is -2.38. The molecule has 1 aliphatic rings. The van der Waals surface area contributed by atoms with E-state index in [4.69, 9.17) is 0 Å². The van der Waals surface area contributed by atoms with Crippen LogP contribution in [0.2, 0.25) is 0 Å². The highest BCUT2D eigenvalue weighted by Gasteiger charge is 2.27. The number of aliphatic hydroxyl groups is 1. The number of fused-ring (bicyclic) bond motifs is 1. The highest BCUT2D eigenvalue weighted by Crippen LogP contribution is 2.26. The van der Waals surface area contributed by atoms with Crippen LogP contribution < -0.4 is 5.32 Å². The number of nitrogens with one attached hydrogen (secondary N) is 1. The molecule has 0 saturated carbocycles. The predicted octanol–water partition coefficient (Wildman–Crippen LogP) is 1.67. The van der Waals surface area contributed by atoms with Crippen LogP contribution in [0.15, 0.2) is 0 Å². The second-order valence-electron chi connectivity index (χ2n) is 5.70. The summed E-state index contributed by atoms with van der Waals surface area (Å²) in [6, 6.07) is 0.184. The third-order valence-corrected chi connectivity index (χ3v) is 4.64. The molecule has 2 N–H and O–H groups in total. The molecule has 0 amide bonds. The lowest BCUT2D eigenvalue weighted by atomic mass is 9.83. The lowest BCUT2D eigenvalue weighted by Gasteiger charge is -2.31. The topological polar surface area (TPSA) is 63.0 Å². The van der Waals surface area contributed by atoms with E-state index in [9.17, 15) is 5.11 Å². The maximum absolute atomic E-state index is 9.60. The first kappa shape index (κ1) is 14.5. The van der Waals surface area contributed by atoms with Gasteiger partial charge >= 0.3 is 0 Å². The van der Waals surface area contributed by atoms with Gasteiger partial charge in [0.1, 0.15) is 11.6 Å². The van der Waals surface area contributed by atoms with E-state index in [0.29, 0.717) is 0 Å². The molecular weight excluding hydrogens is 240 g/mol. The monoisotopic (exact) mass is 266 g/mol. The SMILES string of the molecule is CCC(CC)(CO)CNC(C)c1nnc2n1CCC2. The summed E-state index contributed by atoms with van der Waals surface area (Å²) in [6.07, 6.45) is 4.19. The molecule has 5 heteroatoms. The van der Waals surface area contributed by atoms with E-state index in [2.05, 4.69) is 40.9 Å². The van der Waals surface area contributed by atoms with Crippen LogP contribution in [0.25, 0.3) is 0 Å². The minimum atomic E-state index is -0.0118. The van der Waals surface area contributed by atoms with E-state index in [1.165, 1.54) is 6.42 Å². The van der Waals surface area contributed by atoms with Gasteiger partial charge in [0.2, 0.25) is 0 Å². The summed E-state index contributed by atoms with van der Waals surface area (Å²) in [5.41, 5.74) is -0.0118. The number of hydrogen-bond acceptors (Lipinski definition) is 4. The Labute approximate surface area is 115 Å². The third kappa shape index (κ3) is 2.82. The molecule has 0 aliphatic carbocycles. The molecule has 108 valence electrons. The maximum atomic E-state index is 9.60. The Morgan fingerprint density at radius 3 is 2.74 bits per heavy atom. The smallest absolute Gasteiger partial charge is 0.149 e. The number of nitrogens with zero attached hydrogens (tertiary/aromatic N) is 3. The van der Waals surface area contributed by atoms with Crippen molar-refractivity contribution in [3.63, 3.8) is 0 Å². The number of aryl methyl sites for hydroxylation is 1. The van der Waals surface area contributed by atoms with E-state index in [0.717, 1.165) is 44.0 Å². The molecule has 0 spiro atoms. The van der Waals surface area contributed by atoms with Crippen molar-refractivity contribution in [2.75, 3.05) is 13.2 Å². The van der Waals surface area contributed by atoms with Gasteiger partial charge in [0.05, 0.1) is 6.04 Å². The molecule has 19 heavy (non-hydrogen) atoms. The van der Waals surface area contributed by atoms with Gasteiger partial charge in [0, 0.05) is 31.5 Å². The van der Waals surface area contributed by atoms with E-state index < -0.39 is 0 Å². The van der Waals surface area contributed by atoms with Gasteiger partial charge in [-0.25, -0.2) is 0 Å². The van der Waals surface area contributed by atoms with E-state index in [-0.39, 0.29) is 18.1 Å². The zero-order chi connectivity index (χ0) is 13.9. The molecule has 2 rings (SSSR count). The van der Waals surface area contributed by atoms with Crippen molar-refractivity contribution < 1.29 is 5.11 Å². The van der Waals surface area contributed by atoms with Crippen molar-refractivity contribution in [3.8, 4) is 0 Å². The molecule has 1 aromatic rings. The molecule has 0 saturated heterocycles. The highest BCUT2D eigenvalue weighted by molar-refractivity contribution is 5.04. The fourth-order valence-corrected chi connectivity index (χ4v) is 2.73. The van der Waals surface area contributed by atoms with Crippen molar-refractivity contribution in [1.82, 2.24) is 20.1 Å². The number of rotatable bonds is 7. The van der Waals surface area contributed by atoms with Gasteiger partial charge in [-0.15, -0.1) is 10.2 Å². The van der Waals surface area contributed by atoms with Crippen molar-refractivity contribution in [3.05, 3.63) is 11.6 Å². The molecular formula is C14H26N4O. The number of aromatic nitrogens is 3. The van der Waals surface area contributed by atoms with Crippen LogP contribution >= 0.6 is 0 Å². The summed E-state index contributed by atoms with van der Waals surface area (Å²) in [4.78, 5) is 0. The normalized spacial score (nSPS) is 16.6. The van der Waals surface area contributed by atoms with Crippen LogP contribution in [-0.4, -0.2) is 33.0 Å². The summed E-state index contributed by atoms with van der Waals surface area (Å²) in [5, 5.41) is 21.7. The van der Waals surface area contributed by atoms with Crippen LogP contribution in [0.4, 0.5) is 0 Å². The average molecular weight is 266 g/mol. The highest BCUT2D eigenvalue weighted by atomic mass is 16.3. The first-order valence-corrected chi connectivity index (χ1v) is 7.42. The van der Waals surface area contributed by atoms with Gasteiger partial charge in [-0.05, 0) is 26.2 Å². The zero-order valence-electron chi connectivity index (χ0n) is 12.3. The minimum absolute atomic E-state index is 0.0118. The van der Waals surface area contributed by atoms with Crippen LogP contribution in [0.1, 0.15) is 57.7 Å². The summed E-state index contributed by atoms with van der Waals surface area (Å²) in [7, 11) is 0. The van der Waals surface area contributed by atoms with Crippen LogP contribution in [0, 0.1) is 5.41 Å². The zero-order valence-corrected chi connectivity index (χ0v) is 12.3. The molecule has 1 unspecified atom stereocenters. The second kappa shape index (κ2) is 6.01. The quantitative estimate of drug-likeness (QED) is 0.788. The van der Waals surface area contributed by atoms with Crippen LogP contribution in [-0.2, 0) is 13.0 Å². The van der Waals surface area contributed by atoms with Crippen LogP contribution in [0.5, 0.6) is 0 Å². The molecule has 2 heterocycles. The van der Waals surface area contributed by atoms with Gasteiger partial charge < -0.3 is 15.0 Å². The predicted molar refractivity (Wildman–Crippen MR) is 74.9 cm³/mol. The van der Waals surface area contributed by atoms with Gasteiger partial charge in [-0.2, -0.15) is 0 Å². The maximum Gasteiger partial charge on any atom is 0.149 e. The van der Waals surface area contributed by atoms with Gasteiger partial charge in [-0.3, -0.25) is 0 Å². The van der Waals surface area contributed by atoms with Crippen molar-refractivity contribution >= 4 is 0 Å². The Bertz CT molecular complexity index is 403. The van der Waals surface area contributed by atoms with Gasteiger partial charge in [-0.1, -0.05) is 13.8 Å². The fourth-order valence-electron chi connectivity index (χ4n) is 2.73. The van der Waals surface area contributed by atoms with Gasteiger partial charge in [0.15, 0.2) is 0 Å². The van der Waals surface area contributed by atoms with Crippen molar-refractivity contribution in [2.45, 2.75) is 59.0 Å². The first-order valence-electron chi connectivity index (χ1n) is 7.42. The molecule has 0 bridgehead atoms. The standard InChI is InChI=1S/C14H26N4O/c1-4-14(5-2,10-19)9-15-11(3)13-17-16-12-7-6-8-18(12)13/h11,15,19H,4-10H2,1-3H3. The summed E-state index contributed by atoms with van der Waals surface area (Å²) in [6.45, 7) is 8.50. The molecule has 1 aliphatic heterocycles. The minimum Gasteiger partial charge on any atom is -0.396 e. The summed E-state index contributed by atoms with van der Waals surface area (Å²) < 4.78 is 2.23. The van der Waals surface area contributed by atoms with Crippen molar-refractivity contribution in [1.29, 1.82) is 0 Å². The Kier molecular flexibility index (Phi) is 4.58. The Morgan fingerprint density at radius 1 is 1.37 bits per heavy atom. The first-order chi connectivity index (χ1) is 9.15. The average Bonchev–Trinajstić information content (AvgIpc) is 3.03. The molecule has 0 fully saturated rings. The molecule has 0 radical (unpaired) electrons. The van der Waals surface area contributed by atoms with E-state index in [1.807, 2.05) is 0 Å². The molecule has 1 aromatic heterocycles. The Hall–Kier alpha value is -0.940. The second-order valence-corrected chi connectivity index (χ2v) is 5.70. The fraction of sp³-hybridized carbons (Fsp3) is 0.857. The van der Waals surface area contributed by atoms with Crippen LogP contribution in [0.3, 0.4) is 0 Å². The number of aliphatic hydroxyl groups excluding tert-OH is 1. The van der Waals surface area contributed by atoms with E-state index in [1.54, 1.807) is 0 Å².